The van der Waals surface area contributed by atoms with Gasteiger partial charge in [0.2, 0.25) is 0 Å². The number of halogens is 3. The average molecular weight is 332 g/mol. The summed E-state index contributed by atoms with van der Waals surface area (Å²) in [6.07, 6.45) is -1.27. The number of hydrogen-bond acceptors (Lipinski definition) is 2. The van der Waals surface area contributed by atoms with Crippen LogP contribution < -0.4 is 0 Å². The van der Waals surface area contributed by atoms with Crippen LogP contribution >= 0.6 is 0 Å². The Morgan fingerprint density at radius 3 is 2.42 bits per heavy atom. The molecule has 1 aromatic heterocycles. The summed E-state index contributed by atoms with van der Waals surface area (Å²) in [5, 5.41) is 9.01. The van der Waals surface area contributed by atoms with Gasteiger partial charge in [-0.05, 0) is 30.3 Å². The second-order valence-corrected chi connectivity index (χ2v) is 5.10. The molecule has 0 atom stereocenters. The van der Waals surface area contributed by atoms with Crippen molar-refractivity contribution in [3.63, 3.8) is 0 Å². The first-order valence-electron chi connectivity index (χ1n) is 6.90. The van der Waals surface area contributed by atoms with Crippen molar-refractivity contribution in [2.75, 3.05) is 0 Å². The standard InChI is InChI=1S/C17H11F3N2O2/c18-17(19,20)13-6-4-11(5-7-13)15-9-22(10-21-15)14-3-1-2-12(8-14)16(23)24/h1-10H,(H,23,24). The number of benzene rings is 2. The molecule has 0 aliphatic rings. The van der Waals surface area contributed by atoms with E-state index in [1.807, 2.05) is 0 Å². The van der Waals surface area contributed by atoms with Crippen molar-refractivity contribution >= 4 is 5.97 Å². The largest absolute Gasteiger partial charge is 0.478 e. The number of carbonyl (C=O) groups is 1. The maximum Gasteiger partial charge on any atom is 0.416 e. The van der Waals surface area contributed by atoms with Gasteiger partial charge < -0.3 is 9.67 Å². The molecular formula is C17H11F3N2O2. The van der Waals surface area contributed by atoms with Gasteiger partial charge in [0.25, 0.3) is 0 Å². The molecule has 0 spiro atoms. The average Bonchev–Trinajstić information content (AvgIpc) is 3.04. The molecule has 0 fully saturated rings. The van der Waals surface area contributed by atoms with Crippen LogP contribution in [0.2, 0.25) is 0 Å². The van der Waals surface area contributed by atoms with Gasteiger partial charge in [0.15, 0.2) is 0 Å². The maximum atomic E-state index is 12.6. The molecule has 1 N–H and O–H groups in total. The van der Waals surface area contributed by atoms with Crippen molar-refractivity contribution in [1.29, 1.82) is 0 Å². The van der Waals surface area contributed by atoms with Crippen LogP contribution in [0.1, 0.15) is 15.9 Å². The molecule has 0 amide bonds. The van der Waals surface area contributed by atoms with E-state index >= 15 is 0 Å². The Hall–Kier alpha value is -3.09. The zero-order valence-electron chi connectivity index (χ0n) is 12.2. The fraction of sp³-hybridized carbons (Fsp3) is 0.0588. The molecule has 4 nitrogen and oxygen atoms in total. The Kier molecular flexibility index (Phi) is 3.84. The van der Waals surface area contributed by atoms with Gasteiger partial charge in [-0.3, -0.25) is 0 Å². The van der Waals surface area contributed by atoms with E-state index in [0.717, 1.165) is 12.1 Å². The Morgan fingerprint density at radius 2 is 1.79 bits per heavy atom. The van der Waals surface area contributed by atoms with Crippen molar-refractivity contribution in [1.82, 2.24) is 9.55 Å². The van der Waals surface area contributed by atoms with Crippen LogP contribution in [-0.4, -0.2) is 20.6 Å². The van der Waals surface area contributed by atoms with E-state index in [2.05, 4.69) is 4.98 Å². The van der Waals surface area contributed by atoms with E-state index in [4.69, 9.17) is 5.11 Å². The van der Waals surface area contributed by atoms with Gasteiger partial charge >= 0.3 is 12.1 Å². The molecule has 0 aliphatic heterocycles. The molecular weight excluding hydrogens is 321 g/mol. The zero-order chi connectivity index (χ0) is 17.3. The van der Waals surface area contributed by atoms with Crippen LogP contribution in [-0.2, 0) is 6.18 Å². The van der Waals surface area contributed by atoms with Gasteiger partial charge in [0.1, 0.15) is 0 Å². The molecule has 122 valence electrons. The van der Waals surface area contributed by atoms with Gasteiger partial charge in [-0.25, -0.2) is 9.78 Å². The summed E-state index contributed by atoms with van der Waals surface area (Å²) in [5.74, 6) is -1.04. The Morgan fingerprint density at radius 1 is 1.08 bits per heavy atom. The number of rotatable bonds is 3. The van der Waals surface area contributed by atoms with E-state index in [1.54, 1.807) is 22.9 Å². The summed E-state index contributed by atoms with van der Waals surface area (Å²) in [6.45, 7) is 0. The minimum absolute atomic E-state index is 0.136. The van der Waals surface area contributed by atoms with E-state index in [0.29, 0.717) is 16.9 Å². The minimum atomic E-state index is -4.38. The highest BCUT2D eigenvalue weighted by Crippen LogP contribution is 2.30. The van der Waals surface area contributed by atoms with Crippen LogP contribution in [0.5, 0.6) is 0 Å². The maximum absolute atomic E-state index is 12.6. The fourth-order valence-electron chi connectivity index (χ4n) is 2.24. The SMILES string of the molecule is O=C(O)c1cccc(-n2cnc(-c3ccc(C(F)(F)F)cc3)c2)c1. The Bertz CT molecular complexity index is 883. The highest BCUT2D eigenvalue weighted by atomic mass is 19.4. The predicted molar refractivity (Wildman–Crippen MR) is 81.0 cm³/mol. The van der Waals surface area contributed by atoms with Crippen molar-refractivity contribution < 1.29 is 23.1 Å². The number of imidazole rings is 1. The summed E-state index contributed by atoms with van der Waals surface area (Å²) in [7, 11) is 0. The third kappa shape index (κ3) is 3.15. The van der Waals surface area contributed by atoms with Gasteiger partial charge in [-0.1, -0.05) is 18.2 Å². The first-order chi connectivity index (χ1) is 11.3. The van der Waals surface area contributed by atoms with E-state index < -0.39 is 17.7 Å². The normalized spacial score (nSPS) is 11.5. The smallest absolute Gasteiger partial charge is 0.416 e. The molecule has 0 bridgehead atoms. The lowest BCUT2D eigenvalue weighted by Crippen LogP contribution is -2.03. The molecule has 3 aromatic rings. The Labute approximate surface area is 134 Å². The number of hydrogen-bond donors (Lipinski definition) is 1. The van der Waals surface area contributed by atoms with Crippen molar-refractivity contribution in [2.24, 2.45) is 0 Å². The lowest BCUT2D eigenvalue weighted by Gasteiger charge is -2.06. The first kappa shape index (κ1) is 15.8. The van der Waals surface area contributed by atoms with Gasteiger partial charge in [0.05, 0.1) is 23.1 Å². The third-order valence-corrected chi connectivity index (χ3v) is 3.48. The number of aromatic carboxylic acids is 1. The number of nitrogens with zero attached hydrogens (tertiary/aromatic N) is 2. The summed E-state index contributed by atoms with van der Waals surface area (Å²) in [6, 6.07) is 11.0. The molecule has 1 heterocycles. The van der Waals surface area contributed by atoms with Gasteiger partial charge in [-0.15, -0.1) is 0 Å². The van der Waals surface area contributed by atoms with Crippen LogP contribution in [0.15, 0.2) is 61.1 Å². The first-order valence-corrected chi connectivity index (χ1v) is 6.90. The van der Waals surface area contributed by atoms with Gasteiger partial charge in [0, 0.05) is 17.4 Å². The van der Waals surface area contributed by atoms with Crippen LogP contribution in [0, 0.1) is 0 Å². The van der Waals surface area contributed by atoms with Crippen molar-refractivity contribution in [3.05, 3.63) is 72.2 Å². The highest BCUT2D eigenvalue weighted by Gasteiger charge is 2.30. The van der Waals surface area contributed by atoms with E-state index in [9.17, 15) is 18.0 Å². The van der Waals surface area contributed by atoms with E-state index in [-0.39, 0.29) is 5.56 Å². The second kappa shape index (κ2) is 5.84. The molecule has 0 aliphatic carbocycles. The van der Waals surface area contributed by atoms with Crippen molar-refractivity contribution in [3.8, 4) is 16.9 Å². The molecule has 0 radical (unpaired) electrons. The number of aromatic nitrogens is 2. The number of carboxylic acid groups (broad SMARTS) is 1. The third-order valence-electron chi connectivity index (χ3n) is 3.48. The van der Waals surface area contributed by atoms with E-state index in [1.165, 1.54) is 30.6 Å². The number of carboxylic acids is 1. The molecule has 0 saturated heterocycles. The summed E-state index contributed by atoms with van der Waals surface area (Å²) in [5.41, 5.74) is 1.04. The second-order valence-electron chi connectivity index (χ2n) is 5.10. The van der Waals surface area contributed by atoms with Crippen LogP contribution in [0.3, 0.4) is 0 Å². The van der Waals surface area contributed by atoms with Crippen LogP contribution in [0.4, 0.5) is 13.2 Å². The zero-order valence-corrected chi connectivity index (χ0v) is 12.2. The summed E-state index contributed by atoms with van der Waals surface area (Å²) < 4.78 is 39.4. The topological polar surface area (TPSA) is 55.1 Å². The molecule has 2 aromatic carbocycles. The predicted octanol–water partition coefficient (Wildman–Crippen LogP) is 4.26. The number of alkyl halides is 3. The lowest BCUT2D eigenvalue weighted by molar-refractivity contribution is -0.137. The van der Waals surface area contributed by atoms with Gasteiger partial charge in [-0.2, -0.15) is 13.2 Å². The summed E-state index contributed by atoms with van der Waals surface area (Å²) >= 11 is 0. The summed E-state index contributed by atoms with van der Waals surface area (Å²) in [4.78, 5) is 15.2. The monoisotopic (exact) mass is 332 g/mol. The molecule has 0 unspecified atom stereocenters. The quantitative estimate of drug-likeness (QED) is 0.780. The molecule has 24 heavy (non-hydrogen) atoms. The Balaban J connectivity index is 1.91. The molecule has 7 heteroatoms. The molecule has 3 rings (SSSR count). The lowest BCUT2D eigenvalue weighted by atomic mass is 10.1. The minimum Gasteiger partial charge on any atom is -0.478 e. The highest BCUT2D eigenvalue weighted by molar-refractivity contribution is 5.88. The molecule has 0 saturated carbocycles. The fourth-order valence-corrected chi connectivity index (χ4v) is 2.24. The van der Waals surface area contributed by atoms with Crippen molar-refractivity contribution in [2.45, 2.75) is 6.18 Å². The van der Waals surface area contributed by atoms with Crippen LogP contribution in [0.25, 0.3) is 16.9 Å².